The molecular weight excluding hydrogens is 226 g/mol. The minimum Gasteiger partial charge on any atom is -0.247 e. The summed E-state index contributed by atoms with van der Waals surface area (Å²) in [4.78, 5) is 5.98. The molecule has 1 aromatic carbocycles. The highest BCUT2D eigenvalue weighted by atomic mass is 32.1. The normalized spacial score (nSPS) is 10.9. The zero-order chi connectivity index (χ0) is 11.8. The third-order valence-electron chi connectivity index (χ3n) is 2.91. The SMILES string of the molecule is Cc1csc(-c2cc(C)c3ccccc3n2)c1. The van der Waals surface area contributed by atoms with Gasteiger partial charge in [0.1, 0.15) is 0 Å². The number of aryl methyl sites for hydroxylation is 2. The first kappa shape index (κ1) is 10.5. The van der Waals surface area contributed by atoms with E-state index in [4.69, 9.17) is 4.98 Å². The van der Waals surface area contributed by atoms with Crippen LogP contribution in [0.25, 0.3) is 21.5 Å². The van der Waals surface area contributed by atoms with Gasteiger partial charge in [0.05, 0.1) is 16.1 Å². The molecule has 0 aliphatic rings. The van der Waals surface area contributed by atoms with E-state index in [0.29, 0.717) is 0 Å². The number of hydrogen-bond acceptors (Lipinski definition) is 2. The topological polar surface area (TPSA) is 12.9 Å². The van der Waals surface area contributed by atoms with Crippen LogP contribution in [-0.2, 0) is 0 Å². The number of rotatable bonds is 1. The smallest absolute Gasteiger partial charge is 0.0812 e. The first-order chi connectivity index (χ1) is 8.24. The Labute approximate surface area is 105 Å². The minimum absolute atomic E-state index is 1.08. The van der Waals surface area contributed by atoms with Gasteiger partial charge in [-0.2, -0.15) is 0 Å². The summed E-state index contributed by atoms with van der Waals surface area (Å²) in [6.45, 7) is 4.27. The molecule has 17 heavy (non-hydrogen) atoms. The Morgan fingerprint density at radius 1 is 1.06 bits per heavy atom. The molecule has 3 rings (SSSR count). The standard InChI is InChI=1S/C15H13NS/c1-10-7-15(17-9-10)14-8-11(2)12-5-3-4-6-13(12)16-14/h3-9H,1-2H3. The van der Waals surface area contributed by atoms with Gasteiger partial charge in [-0.3, -0.25) is 0 Å². The number of thiophene rings is 1. The third-order valence-corrected chi connectivity index (χ3v) is 3.98. The van der Waals surface area contributed by atoms with Crippen LogP contribution in [0.15, 0.2) is 41.8 Å². The van der Waals surface area contributed by atoms with Gasteiger partial charge in [-0.05, 0) is 48.6 Å². The number of hydrogen-bond donors (Lipinski definition) is 0. The van der Waals surface area contributed by atoms with Gasteiger partial charge in [0.25, 0.3) is 0 Å². The lowest BCUT2D eigenvalue weighted by molar-refractivity contribution is 1.37. The van der Waals surface area contributed by atoms with Gasteiger partial charge < -0.3 is 0 Å². The van der Waals surface area contributed by atoms with Crippen molar-refractivity contribution in [2.45, 2.75) is 13.8 Å². The van der Waals surface area contributed by atoms with Crippen molar-refractivity contribution in [3.05, 3.63) is 52.9 Å². The Kier molecular flexibility index (Phi) is 2.45. The van der Waals surface area contributed by atoms with Crippen molar-refractivity contribution in [2.75, 3.05) is 0 Å². The molecule has 0 spiro atoms. The molecule has 0 aliphatic heterocycles. The molecule has 0 radical (unpaired) electrons. The van der Waals surface area contributed by atoms with Crippen molar-refractivity contribution < 1.29 is 0 Å². The van der Waals surface area contributed by atoms with Gasteiger partial charge in [-0.1, -0.05) is 18.2 Å². The zero-order valence-electron chi connectivity index (χ0n) is 9.90. The summed E-state index contributed by atoms with van der Waals surface area (Å²) >= 11 is 1.76. The van der Waals surface area contributed by atoms with E-state index < -0.39 is 0 Å². The lowest BCUT2D eigenvalue weighted by Crippen LogP contribution is -1.86. The maximum absolute atomic E-state index is 4.73. The molecule has 2 aromatic heterocycles. The largest absolute Gasteiger partial charge is 0.247 e. The highest BCUT2D eigenvalue weighted by molar-refractivity contribution is 7.13. The summed E-state index contributed by atoms with van der Waals surface area (Å²) < 4.78 is 0. The molecular formula is C15H13NS. The van der Waals surface area contributed by atoms with Crippen molar-refractivity contribution in [1.29, 1.82) is 0 Å². The number of aromatic nitrogens is 1. The zero-order valence-corrected chi connectivity index (χ0v) is 10.7. The van der Waals surface area contributed by atoms with Crippen LogP contribution in [0.3, 0.4) is 0 Å². The van der Waals surface area contributed by atoms with E-state index in [1.54, 1.807) is 11.3 Å². The van der Waals surface area contributed by atoms with Crippen molar-refractivity contribution >= 4 is 22.2 Å². The highest BCUT2D eigenvalue weighted by Gasteiger charge is 2.06. The van der Waals surface area contributed by atoms with E-state index in [1.807, 2.05) is 6.07 Å². The van der Waals surface area contributed by atoms with Crippen LogP contribution in [0.4, 0.5) is 0 Å². The lowest BCUT2D eigenvalue weighted by atomic mass is 10.1. The number of nitrogens with zero attached hydrogens (tertiary/aromatic N) is 1. The quantitative estimate of drug-likeness (QED) is 0.605. The number of pyridine rings is 1. The summed E-state index contributed by atoms with van der Waals surface area (Å²) in [5.41, 5.74) is 4.75. The van der Waals surface area contributed by atoms with Crippen molar-refractivity contribution in [3.63, 3.8) is 0 Å². The summed E-state index contributed by atoms with van der Waals surface area (Å²) in [7, 11) is 0. The molecule has 0 fully saturated rings. The molecule has 0 N–H and O–H groups in total. The van der Waals surface area contributed by atoms with Crippen LogP contribution >= 0.6 is 11.3 Å². The fourth-order valence-electron chi connectivity index (χ4n) is 2.04. The first-order valence-corrected chi connectivity index (χ1v) is 6.54. The Hall–Kier alpha value is -1.67. The van der Waals surface area contributed by atoms with Gasteiger partial charge in [-0.25, -0.2) is 4.98 Å². The maximum atomic E-state index is 4.73. The summed E-state index contributed by atoms with van der Waals surface area (Å²) in [5.74, 6) is 0. The number of para-hydroxylation sites is 1. The van der Waals surface area contributed by atoms with Gasteiger partial charge >= 0.3 is 0 Å². The fourth-order valence-corrected chi connectivity index (χ4v) is 2.90. The predicted octanol–water partition coefficient (Wildman–Crippen LogP) is 4.58. The molecule has 0 aliphatic carbocycles. The second kappa shape index (κ2) is 3.97. The number of fused-ring (bicyclic) bond motifs is 1. The van der Waals surface area contributed by atoms with Crippen LogP contribution in [0.1, 0.15) is 11.1 Å². The molecule has 0 atom stereocenters. The van der Waals surface area contributed by atoms with Crippen molar-refractivity contribution in [1.82, 2.24) is 4.98 Å². The molecule has 0 unspecified atom stereocenters. The van der Waals surface area contributed by atoms with Gasteiger partial charge in [0, 0.05) is 5.39 Å². The Morgan fingerprint density at radius 2 is 1.88 bits per heavy atom. The Morgan fingerprint density at radius 3 is 2.65 bits per heavy atom. The van der Waals surface area contributed by atoms with E-state index in [-0.39, 0.29) is 0 Å². The second-order valence-corrected chi connectivity index (χ2v) is 5.24. The van der Waals surface area contributed by atoms with Gasteiger partial charge in [-0.15, -0.1) is 11.3 Å². The molecule has 0 saturated heterocycles. The summed E-state index contributed by atoms with van der Waals surface area (Å²) in [6, 6.07) is 12.7. The molecule has 1 nitrogen and oxygen atoms in total. The predicted molar refractivity (Wildman–Crippen MR) is 74.5 cm³/mol. The van der Waals surface area contributed by atoms with Crippen LogP contribution in [0.2, 0.25) is 0 Å². The van der Waals surface area contributed by atoms with E-state index in [2.05, 4.69) is 49.6 Å². The molecule has 3 aromatic rings. The first-order valence-electron chi connectivity index (χ1n) is 5.66. The molecule has 0 bridgehead atoms. The van der Waals surface area contributed by atoms with Crippen LogP contribution in [0, 0.1) is 13.8 Å². The van der Waals surface area contributed by atoms with Gasteiger partial charge in [0.2, 0.25) is 0 Å². The lowest BCUT2D eigenvalue weighted by Gasteiger charge is -2.04. The van der Waals surface area contributed by atoms with Crippen LogP contribution in [-0.4, -0.2) is 4.98 Å². The average Bonchev–Trinajstić information content (AvgIpc) is 2.76. The van der Waals surface area contributed by atoms with E-state index in [9.17, 15) is 0 Å². The fraction of sp³-hybridized carbons (Fsp3) is 0.133. The second-order valence-electron chi connectivity index (χ2n) is 4.33. The van der Waals surface area contributed by atoms with Crippen LogP contribution in [0.5, 0.6) is 0 Å². The minimum atomic E-state index is 1.08. The summed E-state index contributed by atoms with van der Waals surface area (Å²) in [6.07, 6.45) is 0. The molecule has 84 valence electrons. The third kappa shape index (κ3) is 1.85. The monoisotopic (exact) mass is 239 g/mol. The molecule has 2 heterocycles. The number of benzene rings is 1. The van der Waals surface area contributed by atoms with E-state index in [0.717, 1.165) is 11.2 Å². The Balaban J connectivity index is 2.25. The molecule has 0 saturated carbocycles. The van der Waals surface area contributed by atoms with Crippen LogP contribution < -0.4 is 0 Å². The van der Waals surface area contributed by atoms with Crippen molar-refractivity contribution in [3.8, 4) is 10.6 Å². The summed E-state index contributed by atoms with van der Waals surface area (Å²) in [5, 5.41) is 3.41. The Bertz CT molecular complexity index is 682. The highest BCUT2D eigenvalue weighted by Crippen LogP contribution is 2.28. The van der Waals surface area contributed by atoms with Crippen molar-refractivity contribution in [2.24, 2.45) is 0 Å². The molecule has 2 heteroatoms. The molecule has 0 amide bonds. The average molecular weight is 239 g/mol. The van der Waals surface area contributed by atoms with E-state index >= 15 is 0 Å². The maximum Gasteiger partial charge on any atom is 0.0812 e. The van der Waals surface area contributed by atoms with E-state index in [1.165, 1.54) is 21.4 Å². The van der Waals surface area contributed by atoms with Gasteiger partial charge in [0.15, 0.2) is 0 Å².